The summed E-state index contributed by atoms with van der Waals surface area (Å²) >= 11 is 0. The molecule has 0 spiro atoms. The summed E-state index contributed by atoms with van der Waals surface area (Å²) in [5.41, 5.74) is 3.66. The lowest BCUT2D eigenvalue weighted by Crippen LogP contribution is -2.61. The molecule has 1 saturated carbocycles. The van der Waals surface area contributed by atoms with Gasteiger partial charge in [0.05, 0.1) is 0 Å². The van der Waals surface area contributed by atoms with Crippen LogP contribution in [0.25, 0.3) is 0 Å². The van der Waals surface area contributed by atoms with E-state index in [0.717, 1.165) is 36.8 Å². The zero-order valence-corrected chi connectivity index (χ0v) is 18.6. The second-order valence-electron chi connectivity index (χ2n) is 9.70. The van der Waals surface area contributed by atoms with Gasteiger partial charge in [-0.05, 0) is 49.4 Å². The molecule has 0 radical (unpaired) electrons. The predicted molar refractivity (Wildman–Crippen MR) is 121 cm³/mol. The molecular formula is C26H32N2O3. The lowest BCUT2D eigenvalue weighted by atomic mass is 9.66. The lowest BCUT2D eigenvalue weighted by Gasteiger charge is -2.55. The predicted octanol–water partition coefficient (Wildman–Crippen LogP) is 4.99. The normalized spacial score (nSPS) is 29.2. The van der Waals surface area contributed by atoms with E-state index in [-0.39, 0.29) is 5.72 Å². The smallest absolute Gasteiger partial charge is 0.231 e. The monoisotopic (exact) mass is 420 g/mol. The fourth-order valence-corrected chi connectivity index (χ4v) is 6.33. The first-order valence-corrected chi connectivity index (χ1v) is 11.8. The quantitative estimate of drug-likeness (QED) is 0.699. The van der Waals surface area contributed by atoms with Gasteiger partial charge in [-0.25, -0.2) is 0 Å². The Hall–Kier alpha value is -2.40. The van der Waals surface area contributed by atoms with Crippen LogP contribution in [0.15, 0.2) is 36.4 Å². The highest BCUT2D eigenvalue weighted by Crippen LogP contribution is 2.57. The van der Waals surface area contributed by atoms with E-state index < -0.39 is 0 Å². The Morgan fingerprint density at radius 2 is 1.65 bits per heavy atom. The summed E-state index contributed by atoms with van der Waals surface area (Å²) in [6, 6.07) is 13.4. The molecule has 0 amide bonds. The number of likely N-dealkylation sites (tertiary alicyclic amines) is 1. The molecule has 2 aromatic carbocycles. The number of anilines is 1. The van der Waals surface area contributed by atoms with Gasteiger partial charge in [-0.3, -0.25) is 4.90 Å². The van der Waals surface area contributed by atoms with Crippen LogP contribution in [-0.4, -0.2) is 44.6 Å². The summed E-state index contributed by atoms with van der Waals surface area (Å²) in [6.45, 7) is 2.58. The minimum Gasteiger partial charge on any atom is -0.472 e. The minimum absolute atomic E-state index is 0.208. The van der Waals surface area contributed by atoms with E-state index in [1.807, 2.05) is 0 Å². The van der Waals surface area contributed by atoms with E-state index >= 15 is 0 Å². The molecule has 0 bridgehead atoms. The molecule has 1 aliphatic carbocycles. The van der Waals surface area contributed by atoms with Crippen molar-refractivity contribution in [3.8, 4) is 17.2 Å². The number of rotatable bonds is 3. The Morgan fingerprint density at radius 1 is 0.903 bits per heavy atom. The third-order valence-electron chi connectivity index (χ3n) is 7.82. The second-order valence-corrected chi connectivity index (χ2v) is 9.70. The summed E-state index contributed by atoms with van der Waals surface area (Å²) in [7, 11) is 4.19. The second kappa shape index (κ2) is 7.33. The highest BCUT2D eigenvalue weighted by molar-refractivity contribution is 5.57. The van der Waals surface area contributed by atoms with Crippen LogP contribution in [0.2, 0.25) is 0 Å². The van der Waals surface area contributed by atoms with Crippen molar-refractivity contribution in [2.45, 2.75) is 50.2 Å². The first-order chi connectivity index (χ1) is 15.2. The molecule has 3 aliphatic heterocycles. The molecular weight excluding hydrogens is 388 g/mol. The van der Waals surface area contributed by atoms with Gasteiger partial charge < -0.3 is 19.1 Å². The number of fused-ring (bicyclic) bond motifs is 3. The van der Waals surface area contributed by atoms with Crippen molar-refractivity contribution in [1.29, 1.82) is 0 Å². The van der Waals surface area contributed by atoms with Gasteiger partial charge >= 0.3 is 0 Å². The molecule has 2 aromatic rings. The maximum absolute atomic E-state index is 7.03. The van der Waals surface area contributed by atoms with E-state index in [0.29, 0.717) is 18.6 Å². The van der Waals surface area contributed by atoms with Gasteiger partial charge in [0.2, 0.25) is 6.79 Å². The van der Waals surface area contributed by atoms with Crippen molar-refractivity contribution in [3.63, 3.8) is 0 Å². The van der Waals surface area contributed by atoms with Gasteiger partial charge in [-0.1, -0.05) is 18.6 Å². The van der Waals surface area contributed by atoms with Crippen molar-refractivity contribution in [3.05, 3.63) is 47.5 Å². The molecule has 0 unspecified atom stereocenters. The molecule has 6 rings (SSSR count). The van der Waals surface area contributed by atoms with E-state index in [4.69, 9.17) is 14.2 Å². The maximum Gasteiger partial charge on any atom is 0.231 e. The first kappa shape index (κ1) is 19.3. The van der Waals surface area contributed by atoms with Crippen molar-refractivity contribution >= 4 is 5.69 Å². The number of benzene rings is 2. The number of hydrogen-bond acceptors (Lipinski definition) is 5. The van der Waals surface area contributed by atoms with Crippen LogP contribution in [-0.2, 0) is 0 Å². The topological polar surface area (TPSA) is 34.2 Å². The van der Waals surface area contributed by atoms with Gasteiger partial charge in [0.15, 0.2) is 17.2 Å². The molecule has 3 heterocycles. The Bertz CT molecular complexity index is 967. The van der Waals surface area contributed by atoms with Gasteiger partial charge in [-0.2, -0.15) is 0 Å². The van der Waals surface area contributed by atoms with E-state index in [1.165, 1.54) is 48.9 Å². The molecule has 1 saturated heterocycles. The number of ether oxygens (including phenoxy) is 3. The third-order valence-corrected chi connectivity index (χ3v) is 7.82. The van der Waals surface area contributed by atoms with Crippen LogP contribution in [0.4, 0.5) is 5.69 Å². The SMILES string of the molecule is CN(C)c1ccc([C@@H]2c3cc4c(cc3O[C@@]3(N5CCCC5)CCCC[C@@H]23)OCO4)cc1. The molecule has 0 aromatic heterocycles. The Balaban J connectivity index is 1.51. The Labute approximate surface area is 184 Å². The van der Waals surface area contributed by atoms with Crippen LogP contribution in [0.1, 0.15) is 55.6 Å². The van der Waals surface area contributed by atoms with Gasteiger partial charge in [0.25, 0.3) is 0 Å². The zero-order valence-electron chi connectivity index (χ0n) is 18.6. The largest absolute Gasteiger partial charge is 0.472 e. The number of hydrogen-bond donors (Lipinski definition) is 0. The van der Waals surface area contributed by atoms with Crippen LogP contribution in [0.5, 0.6) is 17.2 Å². The van der Waals surface area contributed by atoms with Crippen LogP contribution in [0, 0.1) is 5.92 Å². The molecule has 3 atom stereocenters. The molecule has 31 heavy (non-hydrogen) atoms. The lowest BCUT2D eigenvalue weighted by molar-refractivity contribution is -0.154. The highest BCUT2D eigenvalue weighted by atomic mass is 16.7. The average Bonchev–Trinajstić information content (AvgIpc) is 3.48. The average molecular weight is 421 g/mol. The van der Waals surface area contributed by atoms with E-state index in [2.05, 4.69) is 60.3 Å². The maximum atomic E-state index is 7.03. The highest BCUT2D eigenvalue weighted by Gasteiger charge is 2.55. The molecule has 4 aliphatic rings. The molecule has 0 N–H and O–H groups in total. The van der Waals surface area contributed by atoms with Gasteiger partial charge in [-0.15, -0.1) is 0 Å². The van der Waals surface area contributed by atoms with E-state index in [1.54, 1.807) is 0 Å². The van der Waals surface area contributed by atoms with Crippen LogP contribution >= 0.6 is 0 Å². The van der Waals surface area contributed by atoms with Gasteiger partial charge in [0.1, 0.15) is 5.75 Å². The van der Waals surface area contributed by atoms with Crippen molar-refractivity contribution in [2.75, 3.05) is 38.9 Å². The Kier molecular flexibility index (Phi) is 4.57. The van der Waals surface area contributed by atoms with E-state index in [9.17, 15) is 0 Å². The third kappa shape index (κ3) is 3.00. The first-order valence-electron chi connectivity index (χ1n) is 11.8. The van der Waals surface area contributed by atoms with Crippen molar-refractivity contribution in [1.82, 2.24) is 4.90 Å². The molecule has 5 heteroatoms. The Morgan fingerprint density at radius 3 is 2.39 bits per heavy atom. The summed E-state index contributed by atoms with van der Waals surface area (Å²) < 4.78 is 18.5. The molecule has 5 nitrogen and oxygen atoms in total. The summed E-state index contributed by atoms with van der Waals surface area (Å²) in [5, 5.41) is 0. The van der Waals surface area contributed by atoms with Gasteiger partial charge in [0, 0.05) is 62.8 Å². The zero-order chi connectivity index (χ0) is 21.0. The van der Waals surface area contributed by atoms with Crippen LogP contribution in [0.3, 0.4) is 0 Å². The number of nitrogens with zero attached hydrogens (tertiary/aromatic N) is 2. The van der Waals surface area contributed by atoms with Crippen molar-refractivity contribution in [2.24, 2.45) is 5.92 Å². The fourth-order valence-electron chi connectivity index (χ4n) is 6.33. The van der Waals surface area contributed by atoms with Crippen molar-refractivity contribution < 1.29 is 14.2 Å². The summed E-state index contributed by atoms with van der Waals surface area (Å²) in [6.07, 6.45) is 7.36. The summed E-state index contributed by atoms with van der Waals surface area (Å²) in [5.74, 6) is 3.39. The molecule has 2 fully saturated rings. The fraction of sp³-hybridized carbons (Fsp3) is 0.538. The standard InChI is InChI=1S/C26H32N2O3/c1-27(2)19-10-8-18(9-11-19)25-20-15-23-24(30-17-29-23)16-22(20)31-26(28-13-5-6-14-28)12-4-3-7-21(25)26/h8-11,15-16,21,25H,3-7,12-14,17H2,1-2H3/t21-,25+,26-/m0/s1. The summed E-state index contributed by atoms with van der Waals surface area (Å²) in [4.78, 5) is 4.82. The minimum atomic E-state index is -0.208. The van der Waals surface area contributed by atoms with Crippen LogP contribution < -0.4 is 19.1 Å². The molecule has 164 valence electrons.